The maximum atomic E-state index is 13.4. The van der Waals surface area contributed by atoms with Gasteiger partial charge in [0.05, 0.1) is 0 Å². The van der Waals surface area contributed by atoms with Gasteiger partial charge in [0, 0.05) is 31.3 Å². The van der Waals surface area contributed by atoms with E-state index in [9.17, 15) is 14.9 Å². The molecule has 2 heterocycles. The minimum atomic E-state index is -0.585. The van der Waals surface area contributed by atoms with E-state index in [0.29, 0.717) is 36.4 Å². The van der Waals surface area contributed by atoms with E-state index < -0.39 is 6.04 Å². The lowest BCUT2D eigenvalue weighted by Crippen LogP contribution is -2.50. The molecule has 4 rings (SSSR count). The summed E-state index contributed by atoms with van der Waals surface area (Å²) < 4.78 is 5.78. The van der Waals surface area contributed by atoms with Gasteiger partial charge in [0.2, 0.25) is 17.7 Å². The summed E-state index contributed by atoms with van der Waals surface area (Å²) >= 11 is 0. The van der Waals surface area contributed by atoms with Gasteiger partial charge in [-0.3, -0.25) is 9.59 Å². The Morgan fingerprint density at radius 1 is 1.17 bits per heavy atom. The molecule has 0 aliphatic carbocycles. The molecule has 2 amide bonds. The van der Waals surface area contributed by atoms with E-state index in [1.807, 2.05) is 45.0 Å². The lowest BCUT2D eigenvalue weighted by molar-refractivity contribution is -0.140. The third-order valence-corrected chi connectivity index (χ3v) is 6.02. The van der Waals surface area contributed by atoms with Crippen molar-refractivity contribution >= 4 is 17.5 Å². The van der Waals surface area contributed by atoms with Crippen molar-refractivity contribution in [1.29, 1.82) is 5.26 Å². The molecule has 1 aliphatic heterocycles. The number of carbonyl (C=O) groups is 2. The fourth-order valence-corrected chi connectivity index (χ4v) is 4.21. The van der Waals surface area contributed by atoms with E-state index in [0.717, 1.165) is 16.7 Å². The molecule has 0 spiro atoms. The molecule has 0 saturated heterocycles. The van der Waals surface area contributed by atoms with Gasteiger partial charge in [0.1, 0.15) is 23.4 Å². The summed E-state index contributed by atoms with van der Waals surface area (Å²) in [6.07, 6.45) is 2.43. The Morgan fingerprint density at radius 2 is 1.94 bits per heavy atom. The van der Waals surface area contributed by atoms with Crippen LogP contribution in [-0.2, 0) is 22.6 Å². The highest BCUT2D eigenvalue weighted by atomic mass is 16.5. The number of aryl methyl sites for hydroxylation is 1. The predicted molar refractivity (Wildman–Crippen MR) is 133 cm³/mol. The van der Waals surface area contributed by atoms with Crippen molar-refractivity contribution in [2.24, 2.45) is 5.92 Å². The number of nitriles is 1. The molecule has 0 fully saturated rings. The van der Waals surface area contributed by atoms with Crippen LogP contribution in [0.15, 0.2) is 60.8 Å². The summed E-state index contributed by atoms with van der Waals surface area (Å²) in [7, 11) is 0. The van der Waals surface area contributed by atoms with E-state index in [1.54, 1.807) is 41.4 Å². The zero-order chi connectivity index (χ0) is 24.9. The average molecular weight is 469 g/mol. The number of aromatic nitrogens is 1. The van der Waals surface area contributed by atoms with Gasteiger partial charge in [-0.05, 0) is 59.9 Å². The summed E-state index contributed by atoms with van der Waals surface area (Å²) in [5.74, 6) is 0.713. The minimum absolute atomic E-state index is 0.0150. The van der Waals surface area contributed by atoms with Crippen molar-refractivity contribution in [2.45, 2.75) is 46.2 Å². The second-order valence-electron chi connectivity index (χ2n) is 9.14. The van der Waals surface area contributed by atoms with Gasteiger partial charge >= 0.3 is 0 Å². The van der Waals surface area contributed by atoms with Gasteiger partial charge in [-0.2, -0.15) is 5.26 Å². The van der Waals surface area contributed by atoms with E-state index in [4.69, 9.17) is 4.74 Å². The summed E-state index contributed by atoms with van der Waals surface area (Å²) in [6, 6.07) is 18.0. The van der Waals surface area contributed by atoms with Crippen LogP contribution in [0.2, 0.25) is 0 Å². The van der Waals surface area contributed by atoms with Crippen LogP contribution >= 0.6 is 0 Å². The fourth-order valence-electron chi connectivity index (χ4n) is 4.21. The Labute approximate surface area is 205 Å². The van der Waals surface area contributed by atoms with E-state index >= 15 is 0 Å². The van der Waals surface area contributed by atoms with Crippen LogP contribution in [-0.4, -0.2) is 27.7 Å². The number of rotatable bonds is 6. The Balaban J connectivity index is 1.53. The van der Waals surface area contributed by atoms with Gasteiger partial charge in [-0.1, -0.05) is 38.1 Å². The van der Waals surface area contributed by atoms with Crippen molar-refractivity contribution < 1.29 is 14.3 Å². The van der Waals surface area contributed by atoms with Crippen LogP contribution in [0.1, 0.15) is 42.5 Å². The molecule has 1 aromatic heterocycles. The molecule has 7 nitrogen and oxygen atoms in total. The first-order valence-electron chi connectivity index (χ1n) is 11.7. The van der Waals surface area contributed by atoms with Gasteiger partial charge in [-0.15, -0.1) is 0 Å². The van der Waals surface area contributed by atoms with Crippen molar-refractivity contribution in [3.05, 3.63) is 83.0 Å². The quantitative estimate of drug-likeness (QED) is 0.550. The Morgan fingerprint density at radius 3 is 2.66 bits per heavy atom. The number of benzene rings is 2. The van der Waals surface area contributed by atoms with Gasteiger partial charge in [0.15, 0.2) is 0 Å². The molecule has 178 valence electrons. The summed E-state index contributed by atoms with van der Waals surface area (Å²) in [6.45, 7) is 6.30. The zero-order valence-corrected chi connectivity index (χ0v) is 20.1. The highest BCUT2D eigenvalue weighted by Gasteiger charge is 2.34. The first-order chi connectivity index (χ1) is 16.9. The smallest absolute Gasteiger partial charge is 0.247 e. The Kier molecular flexibility index (Phi) is 7.11. The molecule has 35 heavy (non-hydrogen) atoms. The Bertz CT molecular complexity index is 1300. The monoisotopic (exact) mass is 468 g/mol. The number of pyridine rings is 1. The van der Waals surface area contributed by atoms with Crippen LogP contribution in [0.5, 0.6) is 11.6 Å². The summed E-state index contributed by atoms with van der Waals surface area (Å²) in [5.41, 5.74) is 3.94. The molecule has 1 N–H and O–H groups in total. The molecule has 7 heteroatoms. The molecule has 2 aromatic carbocycles. The van der Waals surface area contributed by atoms with Crippen LogP contribution < -0.4 is 10.1 Å². The maximum Gasteiger partial charge on any atom is 0.247 e. The third-order valence-electron chi connectivity index (χ3n) is 6.02. The second kappa shape index (κ2) is 10.4. The Hall–Kier alpha value is -4.18. The van der Waals surface area contributed by atoms with Crippen LogP contribution in [0, 0.1) is 24.2 Å². The number of anilines is 1. The van der Waals surface area contributed by atoms with Gasteiger partial charge in [-0.25, -0.2) is 4.98 Å². The number of carbonyl (C=O) groups excluding carboxylic acids is 2. The lowest BCUT2D eigenvalue weighted by atomic mass is 9.92. The number of nitrogens with zero attached hydrogens (tertiary/aromatic N) is 3. The first-order valence-corrected chi connectivity index (χ1v) is 11.7. The zero-order valence-electron chi connectivity index (χ0n) is 20.1. The molecular weight excluding hydrogens is 440 g/mol. The van der Waals surface area contributed by atoms with E-state index in [-0.39, 0.29) is 23.6 Å². The average Bonchev–Trinajstić information content (AvgIpc) is 2.84. The third kappa shape index (κ3) is 5.49. The van der Waals surface area contributed by atoms with Crippen molar-refractivity contribution in [2.75, 3.05) is 5.32 Å². The highest BCUT2D eigenvalue weighted by molar-refractivity contribution is 5.98. The number of nitrogens with one attached hydrogen (secondary N) is 1. The number of fused-ring (bicyclic) bond motifs is 1. The lowest BCUT2D eigenvalue weighted by Gasteiger charge is -2.36. The fraction of sp³-hybridized carbons (Fsp3) is 0.286. The van der Waals surface area contributed by atoms with Crippen LogP contribution in [0.25, 0.3) is 0 Å². The largest absolute Gasteiger partial charge is 0.438 e. The van der Waals surface area contributed by atoms with Gasteiger partial charge < -0.3 is 15.0 Å². The standard InChI is InChI=1S/C28H28N4O3/c1-18(2)13-26(33)32-17-22-8-5-4-7-20(22)15-25(32)27(34)31-24-11-10-23(14-19(24)3)35-28-21(16-29)9-6-12-30-28/h4-12,14,18,25H,13,15,17H2,1-3H3,(H,31,34). The molecule has 3 aromatic rings. The maximum absolute atomic E-state index is 13.4. The van der Waals surface area contributed by atoms with Crippen molar-refractivity contribution in [3.8, 4) is 17.7 Å². The van der Waals surface area contributed by atoms with Gasteiger partial charge in [0.25, 0.3) is 0 Å². The molecule has 1 aliphatic rings. The molecule has 0 bridgehead atoms. The normalized spacial score (nSPS) is 14.7. The molecule has 1 unspecified atom stereocenters. The molecule has 1 atom stereocenters. The summed E-state index contributed by atoms with van der Waals surface area (Å²) in [4.78, 5) is 32.3. The predicted octanol–water partition coefficient (Wildman–Crippen LogP) is 4.99. The topological polar surface area (TPSA) is 95.3 Å². The van der Waals surface area contributed by atoms with Crippen LogP contribution in [0.3, 0.4) is 0 Å². The highest BCUT2D eigenvalue weighted by Crippen LogP contribution is 2.29. The molecule has 0 saturated carbocycles. The van der Waals surface area contributed by atoms with Crippen molar-refractivity contribution in [3.63, 3.8) is 0 Å². The van der Waals surface area contributed by atoms with Crippen molar-refractivity contribution in [1.82, 2.24) is 9.88 Å². The first kappa shape index (κ1) is 24.0. The number of ether oxygens (including phenoxy) is 1. The summed E-state index contributed by atoms with van der Waals surface area (Å²) in [5, 5.41) is 12.2. The number of hydrogen-bond donors (Lipinski definition) is 1. The number of amides is 2. The molecule has 0 radical (unpaired) electrons. The second-order valence-corrected chi connectivity index (χ2v) is 9.14. The van der Waals surface area contributed by atoms with E-state index in [2.05, 4.69) is 16.4 Å². The van der Waals surface area contributed by atoms with E-state index in [1.165, 1.54) is 0 Å². The minimum Gasteiger partial charge on any atom is -0.438 e. The SMILES string of the molecule is Cc1cc(Oc2ncccc2C#N)ccc1NC(=O)C1Cc2ccccc2CN1C(=O)CC(C)C. The van der Waals surface area contributed by atoms with Crippen LogP contribution in [0.4, 0.5) is 5.69 Å². The molecular formula is C28H28N4O3. The number of hydrogen-bond acceptors (Lipinski definition) is 5.